The van der Waals surface area contributed by atoms with Crippen LogP contribution >= 0.6 is 11.6 Å². The highest BCUT2D eigenvalue weighted by molar-refractivity contribution is 6.20. The van der Waals surface area contributed by atoms with Gasteiger partial charge < -0.3 is 4.74 Å². The first kappa shape index (κ1) is 14.9. The minimum absolute atomic E-state index is 0.131. The van der Waals surface area contributed by atoms with Crippen LogP contribution in [0, 0.1) is 5.82 Å². The monoisotopic (exact) mass is 292 g/mol. The Morgan fingerprint density at radius 3 is 2.15 bits per heavy atom. The van der Waals surface area contributed by atoms with Gasteiger partial charge in [0.2, 0.25) is 0 Å². The van der Waals surface area contributed by atoms with Gasteiger partial charge in [-0.3, -0.25) is 0 Å². The molecule has 0 saturated heterocycles. The molecule has 0 spiro atoms. The zero-order chi connectivity index (χ0) is 14.5. The molecule has 0 saturated carbocycles. The molecule has 0 N–H and O–H groups in total. The van der Waals surface area contributed by atoms with Gasteiger partial charge in [0.05, 0.1) is 11.5 Å². The Labute approximate surface area is 124 Å². The maximum absolute atomic E-state index is 12.8. The standard InChI is InChI=1S/C17H18ClFO/c1-12(2)20-16-9-5-14(6-10-16)17(18)11-13-3-7-15(19)8-4-13/h3-10,12,17H,11H2,1-2H3. The molecule has 2 aromatic carbocycles. The van der Waals surface area contributed by atoms with Crippen molar-refractivity contribution in [3.63, 3.8) is 0 Å². The lowest BCUT2D eigenvalue weighted by atomic mass is 10.0. The van der Waals surface area contributed by atoms with E-state index in [0.29, 0.717) is 6.42 Å². The molecule has 20 heavy (non-hydrogen) atoms. The van der Waals surface area contributed by atoms with Crippen LogP contribution in [0.3, 0.4) is 0 Å². The molecule has 0 radical (unpaired) electrons. The first-order valence-electron chi connectivity index (χ1n) is 6.69. The molecular weight excluding hydrogens is 275 g/mol. The zero-order valence-corrected chi connectivity index (χ0v) is 12.4. The highest BCUT2D eigenvalue weighted by atomic mass is 35.5. The molecule has 1 atom stereocenters. The summed E-state index contributed by atoms with van der Waals surface area (Å²) in [5.74, 6) is 0.615. The lowest BCUT2D eigenvalue weighted by Gasteiger charge is -2.13. The molecule has 2 aromatic rings. The molecule has 0 aromatic heterocycles. The minimum atomic E-state index is -0.227. The van der Waals surface area contributed by atoms with Crippen molar-refractivity contribution in [3.8, 4) is 5.75 Å². The van der Waals surface area contributed by atoms with E-state index in [2.05, 4.69) is 0 Å². The van der Waals surface area contributed by atoms with E-state index in [1.165, 1.54) is 12.1 Å². The summed E-state index contributed by atoms with van der Waals surface area (Å²) in [6.45, 7) is 3.99. The van der Waals surface area contributed by atoms with Gasteiger partial charge in [-0.2, -0.15) is 0 Å². The summed E-state index contributed by atoms with van der Waals surface area (Å²) in [7, 11) is 0. The minimum Gasteiger partial charge on any atom is -0.491 e. The third kappa shape index (κ3) is 4.24. The van der Waals surface area contributed by atoms with Crippen LogP contribution in [-0.4, -0.2) is 6.10 Å². The molecule has 2 rings (SSSR count). The molecule has 0 amide bonds. The second-order valence-corrected chi connectivity index (χ2v) is 5.56. The Kier molecular flexibility index (Phi) is 5.02. The van der Waals surface area contributed by atoms with Crippen LogP contribution in [0.5, 0.6) is 5.75 Å². The predicted molar refractivity (Wildman–Crippen MR) is 80.9 cm³/mol. The summed E-state index contributed by atoms with van der Waals surface area (Å²) in [6, 6.07) is 14.2. The molecule has 0 aliphatic heterocycles. The van der Waals surface area contributed by atoms with Crippen molar-refractivity contribution in [2.75, 3.05) is 0 Å². The van der Waals surface area contributed by atoms with E-state index in [0.717, 1.165) is 16.9 Å². The number of benzene rings is 2. The van der Waals surface area contributed by atoms with Crippen molar-refractivity contribution in [1.29, 1.82) is 0 Å². The van der Waals surface area contributed by atoms with Gasteiger partial charge >= 0.3 is 0 Å². The van der Waals surface area contributed by atoms with Crippen LogP contribution in [0.2, 0.25) is 0 Å². The summed E-state index contributed by atoms with van der Waals surface area (Å²) >= 11 is 6.40. The van der Waals surface area contributed by atoms with Crippen LogP contribution in [0.4, 0.5) is 4.39 Å². The molecule has 0 fully saturated rings. The van der Waals surface area contributed by atoms with Gasteiger partial charge in [0.1, 0.15) is 11.6 Å². The maximum atomic E-state index is 12.8. The van der Waals surface area contributed by atoms with Crippen molar-refractivity contribution in [3.05, 3.63) is 65.5 Å². The number of hydrogen-bond donors (Lipinski definition) is 0. The van der Waals surface area contributed by atoms with Gasteiger partial charge in [-0.15, -0.1) is 11.6 Å². The van der Waals surface area contributed by atoms with E-state index < -0.39 is 0 Å². The van der Waals surface area contributed by atoms with Crippen molar-refractivity contribution in [2.45, 2.75) is 31.7 Å². The Morgan fingerprint density at radius 1 is 1.00 bits per heavy atom. The van der Waals surface area contributed by atoms with Crippen molar-refractivity contribution < 1.29 is 9.13 Å². The van der Waals surface area contributed by atoms with Gasteiger partial charge in [-0.05, 0) is 55.7 Å². The van der Waals surface area contributed by atoms with Crippen LogP contribution in [0.15, 0.2) is 48.5 Å². The number of hydrogen-bond acceptors (Lipinski definition) is 1. The van der Waals surface area contributed by atoms with E-state index in [9.17, 15) is 4.39 Å². The highest BCUT2D eigenvalue weighted by Gasteiger charge is 2.09. The van der Waals surface area contributed by atoms with Crippen LogP contribution in [0.25, 0.3) is 0 Å². The van der Waals surface area contributed by atoms with Gasteiger partial charge in [0.15, 0.2) is 0 Å². The molecule has 0 aliphatic carbocycles. The molecule has 106 valence electrons. The van der Waals surface area contributed by atoms with E-state index in [4.69, 9.17) is 16.3 Å². The average molecular weight is 293 g/mol. The van der Waals surface area contributed by atoms with Gasteiger partial charge in [0.25, 0.3) is 0 Å². The molecule has 3 heteroatoms. The summed E-state index contributed by atoms with van der Waals surface area (Å²) in [4.78, 5) is 0. The maximum Gasteiger partial charge on any atom is 0.123 e. The van der Waals surface area contributed by atoms with E-state index >= 15 is 0 Å². The highest BCUT2D eigenvalue weighted by Crippen LogP contribution is 2.27. The number of halogens is 2. The largest absolute Gasteiger partial charge is 0.491 e. The van der Waals surface area contributed by atoms with Crippen molar-refractivity contribution in [1.82, 2.24) is 0 Å². The van der Waals surface area contributed by atoms with Crippen molar-refractivity contribution >= 4 is 11.6 Å². The third-order valence-corrected chi connectivity index (χ3v) is 3.35. The normalized spacial score (nSPS) is 12.4. The SMILES string of the molecule is CC(C)Oc1ccc(C(Cl)Cc2ccc(F)cc2)cc1. The predicted octanol–water partition coefficient (Wildman–Crippen LogP) is 5.14. The Morgan fingerprint density at radius 2 is 1.60 bits per heavy atom. The summed E-state index contributed by atoms with van der Waals surface area (Å²) in [6.07, 6.45) is 0.832. The van der Waals surface area contributed by atoms with Gasteiger partial charge in [-0.1, -0.05) is 24.3 Å². The molecule has 0 bridgehead atoms. The quantitative estimate of drug-likeness (QED) is 0.694. The second-order valence-electron chi connectivity index (χ2n) is 5.03. The first-order valence-corrected chi connectivity index (χ1v) is 7.13. The summed E-state index contributed by atoms with van der Waals surface area (Å²) in [5, 5.41) is -0.131. The lowest BCUT2D eigenvalue weighted by Crippen LogP contribution is -2.05. The average Bonchev–Trinajstić information content (AvgIpc) is 2.41. The Hall–Kier alpha value is -1.54. The molecule has 0 heterocycles. The van der Waals surface area contributed by atoms with Gasteiger partial charge in [-0.25, -0.2) is 4.39 Å². The first-order chi connectivity index (χ1) is 9.54. The topological polar surface area (TPSA) is 9.23 Å². The molecular formula is C17H18ClFO. The number of ether oxygens (including phenoxy) is 1. The molecule has 1 unspecified atom stereocenters. The lowest BCUT2D eigenvalue weighted by molar-refractivity contribution is 0.242. The molecule has 0 aliphatic rings. The van der Waals surface area contributed by atoms with Crippen LogP contribution in [-0.2, 0) is 6.42 Å². The fourth-order valence-corrected chi connectivity index (χ4v) is 2.30. The van der Waals surface area contributed by atoms with Crippen LogP contribution < -0.4 is 4.74 Å². The zero-order valence-electron chi connectivity index (χ0n) is 11.6. The van der Waals surface area contributed by atoms with Gasteiger partial charge in [0, 0.05) is 0 Å². The third-order valence-electron chi connectivity index (χ3n) is 2.94. The van der Waals surface area contributed by atoms with E-state index in [1.54, 1.807) is 12.1 Å². The Balaban J connectivity index is 2.01. The fourth-order valence-electron chi connectivity index (χ4n) is 1.97. The van der Waals surface area contributed by atoms with E-state index in [1.807, 2.05) is 38.1 Å². The number of alkyl halides is 1. The molecule has 1 nitrogen and oxygen atoms in total. The fraction of sp³-hybridized carbons (Fsp3) is 0.294. The smallest absolute Gasteiger partial charge is 0.123 e. The summed E-state index contributed by atoms with van der Waals surface area (Å²) < 4.78 is 18.4. The van der Waals surface area contributed by atoms with Crippen molar-refractivity contribution in [2.24, 2.45) is 0 Å². The van der Waals surface area contributed by atoms with Crippen LogP contribution in [0.1, 0.15) is 30.4 Å². The second kappa shape index (κ2) is 6.76. The van der Waals surface area contributed by atoms with E-state index in [-0.39, 0.29) is 17.3 Å². The number of rotatable bonds is 5. The Bertz CT molecular complexity index is 534. The summed E-state index contributed by atoms with van der Waals surface area (Å²) in [5.41, 5.74) is 2.06.